The maximum atomic E-state index is 13.4. The van der Waals surface area contributed by atoms with E-state index in [0.29, 0.717) is 10.7 Å². The Morgan fingerprint density at radius 2 is 1.47 bits per heavy atom. The standard InChI is InChI=1S/C23H21ClN2O3S/c1-2-23(27)25-21-12-14-22(15-13-21)30(28,29)26(16-18-6-4-3-5-7-18)17-19-8-10-20(24)11-9-19/h2-15H,1,16-17H2,(H,25,27). The van der Waals surface area contributed by atoms with Crippen LogP contribution in [0.5, 0.6) is 0 Å². The molecule has 0 atom stereocenters. The molecule has 0 saturated carbocycles. The molecule has 3 rings (SSSR count). The third-order valence-corrected chi connectivity index (χ3v) is 6.48. The van der Waals surface area contributed by atoms with Gasteiger partial charge in [-0.15, -0.1) is 0 Å². The molecule has 0 radical (unpaired) electrons. The first kappa shape index (κ1) is 21.8. The molecule has 0 heterocycles. The topological polar surface area (TPSA) is 66.5 Å². The summed E-state index contributed by atoms with van der Waals surface area (Å²) in [6, 6.07) is 22.6. The number of amides is 1. The highest BCUT2D eigenvalue weighted by Crippen LogP contribution is 2.23. The monoisotopic (exact) mass is 440 g/mol. The quantitative estimate of drug-likeness (QED) is 0.509. The Kier molecular flexibility index (Phi) is 7.05. The summed E-state index contributed by atoms with van der Waals surface area (Å²) in [5.41, 5.74) is 2.20. The molecule has 1 N–H and O–H groups in total. The van der Waals surface area contributed by atoms with Crippen molar-refractivity contribution < 1.29 is 13.2 Å². The molecule has 0 aliphatic rings. The second kappa shape index (κ2) is 9.71. The van der Waals surface area contributed by atoms with E-state index in [0.717, 1.165) is 17.2 Å². The van der Waals surface area contributed by atoms with Gasteiger partial charge in [0.15, 0.2) is 0 Å². The van der Waals surface area contributed by atoms with Crippen molar-refractivity contribution in [2.75, 3.05) is 5.32 Å². The smallest absolute Gasteiger partial charge is 0.247 e. The molecule has 0 saturated heterocycles. The highest BCUT2D eigenvalue weighted by molar-refractivity contribution is 7.89. The number of sulfonamides is 1. The number of hydrogen-bond acceptors (Lipinski definition) is 3. The first-order valence-electron chi connectivity index (χ1n) is 9.20. The summed E-state index contributed by atoms with van der Waals surface area (Å²) in [4.78, 5) is 11.6. The highest BCUT2D eigenvalue weighted by Gasteiger charge is 2.25. The van der Waals surface area contributed by atoms with E-state index in [1.54, 1.807) is 24.3 Å². The van der Waals surface area contributed by atoms with E-state index in [2.05, 4.69) is 11.9 Å². The van der Waals surface area contributed by atoms with Gasteiger partial charge in [0.05, 0.1) is 4.90 Å². The summed E-state index contributed by atoms with van der Waals surface area (Å²) in [6.07, 6.45) is 1.15. The van der Waals surface area contributed by atoms with Crippen LogP contribution in [0, 0.1) is 0 Å². The third kappa shape index (κ3) is 5.57. The van der Waals surface area contributed by atoms with Gasteiger partial charge in [-0.2, -0.15) is 4.31 Å². The van der Waals surface area contributed by atoms with Crippen molar-refractivity contribution in [1.82, 2.24) is 4.31 Å². The van der Waals surface area contributed by atoms with Crippen LogP contribution in [0.2, 0.25) is 5.02 Å². The number of carbonyl (C=O) groups excluding carboxylic acids is 1. The second-order valence-corrected chi connectivity index (χ2v) is 8.98. The second-order valence-electron chi connectivity index (χ2n) is 6.60. The highest BCUT2D eigenvalue weighted by atomic mass is 35.5. The summed E-state index contributed by atoms with van der Waals surface area (Å²) in [6.45, 7) is 3.82. The fourth-order valence-electron chi connectivity index (χ4n) is 2.86. The molecule has 0 fully saturated rings. The van der Waals surface area contributed by atoms with Crippen LogP contribution < -0.4 is 5.32 Å². The van der Waals surface area contributed by atoms with E-state index in [1.165, 1.54) is 16.4 Å². The Morgan fingerprint density at radius 1 is 0.900 bits per heavy atom. The molecule has 7 heteroatoms. The van der Waals surface area contributed by atoms with Crippen molar-refractivity contribution in [1.29, 1.82) is 0 Å². The number of halogens is 1. The zero-order valence-corrected chi connectivity index (χ0v) is 17.7. The normalized spacial score (nSPS) is 11.3. The number of nitrogens with one attached hydrogen (secondary N) is 1. The maximum Gasteiger partial charge on any atom is 0.247 e. The minimum atomic E-state index is -3.79. The lowest BCUT2D eigenvalue weighted by Crippen LogP contribution is -2.30. The number of carbonyl (C=O) groups is 1. The molecule has 30 heavy (non-hydrogen) atoms. The van der Waals surface area contributed by atoms with E-state index < -0.39 is 10.0 Å². The van der Waals surface area contributed by atoms with Gasteiger partial charge < -0.3 is 5.32 Å². The first-order valence-corrected chi connectivity index (χ1v) is 11.0. The molecule has 0 spiro atoms. The zero-order chi connectivity index (χ0) is 21.6. The minimum absolute atomic E-state index is 0.143. The number of benzene rings is 3. The van der Waals surface area contributed by atoms with Crippen molar-refractivity contribution in [3.8, 4) is 0 Å². The molecular formula is C23H21ClN2O3S. The molecule has 1 amide bonds. The predicted octanol–water partition coefficient (Wildman–Crippen LogP) is 4.86. The fourth-order valence-corrected chi connectivity index (χ4v) is 4.40. The van der Waals surface area contributed by atoms with Crippen LogP contribution in [0.15, 0.2) is 96.4 Å². The van der Waals surface area contributed by atoms with E-state index in [-0.39, 0.29) is 23.9 Å². The molecule has 0 aliphatic heterocycles. The lowest BCUT2D eigenvalue weighted by molar-refractivity contribution is -0.111. The summed E-state index contributed by atoms with van der Waals surface area (Å²) in [7, 11) is -3.79. The van der Waals surface area contributed by atoms with Crippen LogP contribution in [-0.2, 0) is 27.9 Å². The van der Waals surface area contributed by atoms with E-state index >= 15 is 0 Å². The Hall–Kier alpha value is -2.93. The van der Waals surface area contributed by atoms with Gasteiger partial charge in [0.2, 0.25) is 15.9 Å². The summed E-state index contributed by atoms with van der Waals surface area (Å²) in [5.74, 6) is -0.362. The van der Waals surface area contributed by atoms with E-state index in [1.807, 2.05) is 42.5 Å². The van der Waals surface area contributed by atoms with Gasteiger partial charge in [0.25, 0.3) is 0 Å². The van der Waals surface area contributed by atoms with Gasteiger partial charge in [-0.25, -0.2) is 8.42 Å². The molecule has 0 bridgehead atoms. The predicted molar refractivity (Wildman–Crippen MR) is 120 cm³/mol. The average Bonchev–Trinajstić information content (AvgIpc) is 2.76. The van der Waals surface area contributed by atoms with Crippen LogP contribution in [0.4, 0.5) is 5.69 Å². The Labute approximate surface area is 181 Å². The zero-order valence-electron chi connectivity index (χ0n) is 16.2. The van der Waals surface area contributed by atoms with Crippen molar-refractivity contribution in [3.63, 3.8) is 0 Å². The van der Waals surface area contributed by atoms with Gasteiger partial charge in [-0.3, -0.25) is 4.79 Å². The summed E-state index contributed by atoms with van der Waals surface area (Å²) >= 11 is 5.96. The lowest BCUT2D eigenvalue weighted by Gasteiger charge is -2.23. The molecular weight excluding hydrogens is 420 g/mol. The van der Waals surface area contributed by atoms with Gasteiger partial charge in [-0.05, 0) is 53.6 Å². The Bertz CT molecular complexity index is 1110. The third-order valence-electron chi connectivity index (χ3n) is 4.42. The largest absolute Gasteiger partial charge is 0.323 e. The molecule has 5 nitrogen and oxygen atoms in total. The van der Waals surface area contributed by atoms with Crippen molar-refractivity contribution in [2.45, 2.75) is 18.0 Å². The van der Waals surface area contributed by atoms with Gasteiger partial charge >= 0.3 is 0 Å². The van der Waals surface area contributed by atoms with Crippen LogP contribution in [0.1, 0.15) is 11.1 Å². The average molecular weight is 441 g/mol. The number of rotatable bonds is 8. The molecule has 3 aromatic rings. The number of anilines is 1. The SMILES string of the molecule is C=CC(=O)Nc1ccc(S(=O)(=O)N(Cc2ccccc2)Cc2ccc(Cl)cc2)cc1. The lowest BCUT2D eigenvalue weighted by atomic mass is 10.2. The summed E-state index contributed by atoms with van der Waals surface area (Å²) < 4.78 is 28.2. The molecule has 0 aliphatic carbocycles. The van der Waals surface area contributed by atoms with E-state index in [4.69, 9.17) is 11.6 Å². The van der Waals surface area contributed by atoms with Gasteiger partial charge in [-0.1, -0.05) is 60.6 Å². The number of nitrogens with zero attached hydrogens (tertiary/aromatic N) is 1. The van der Waals surface area contributed by atoms with Crippen LogP contribution in [-0.4, -0.2) is 18.6 Å². The number of hydrogen-bond donors (Lipinski definition) is 1. The first-order chi connectivity index (χ1) is 14.4. The van der Waals surface area contributed by atoms with Gasteiger partial charge in [0.1, 0.15) is 0 Å². The Balaban J connectivity index is 1.90. The van der Waals surface area contributed by atoms with Gasteiger partial charge in [0, 0.05) is 23.8 Å². The summed E-state index contributed by atoms with van der Waals surface area (Å²) in [5, 5.41) is 3.20. The van der Waals surface area contributed by atoms with Crippen LogP contribution in [0.3, 0.4) is 0 Å². The van der Waals surface area contributed by atoms with Crippen molar-refractivity contribution in [3.05, 3.63) is 108 Å². The van der Waals surface area contributed by atoms with Crippen LogP contribution in [0.25, 0.3) is 0 Å². The Morgan fingerprint density at radius 3 is 2.03 bits per heavy atom. The minimum Gasteiger partial charge on any atom is -0.323 e. The van der Waals surface area contributed by atoms with Crippen LogP contribution >= 0.6 is 11.6 Å². The molecule has 0 aromatic heterocycles. The fraction of sp³-hybridized carbons (Fsp3) is 0.0870. The molecule has 3 aromatic carbocycles. The molecule has 154 valence electrons. The van der Waals surface area contributed by atoms with Crippen molar-refractivity contribution in [2.24, 2.45) is 0 Å². The van der Waals surface area contributed by atoms with Crippen molar-refractivity contribution >= 4 is 33.2 Å². The maximum absolute atomic E-state index is 13.4. The van der Waals surface area contributed by atoms with E-state index in [9.17, 15) is 13.2 Å². The molecule has 0 unspecified atom stereocenters.